The van der Waals surface area contributed by atoms with Gasteiger partial charge in [-0.25, -0.2) is 4.68 Å². The second-order valence-corrected chi connectivity index (χ2v) is 7.62. The molecule has 1 saturated heterocycles. The first kappa shape index (κ1) is 18.3. The van der Waals surface area contributed by atoms with Gasteiger partial charge in [0.1, 0.15) is 6.23 Å². The number of nitrogens with one attached hydrogen (secondary N) is 1. The molecule has 1 aliphatic heterocycles. The van der Waals surface area contributed by atoms with E-state index in [2.05, 4.69) is 15.6 Å². The van der Waals surface area contributed by atoms with E-state index in [0.29, 0.717) is 12.3 Å². The Bertz CT molecular complexity index is 601. The summed E-state index contributed by atoms with van der Waals surface area (Å²) in [5, 5.41) is 32.2. The number of hydrogen-bond acceptors (Lipinski definition) is 6. The lowest BCUT2D eigenvalue weighted by atomic mass is 9.83. The van der Waals surface area contributed by atoms with Gasteiger partial charge in [-0.15, -0.1) is 5.10 Å². The molecule has 2 aliphatic rings. The number of aliphatic hydroxyl groups excluding tert-OH is 2. The van der Waals surface area contributed by atoms with Crippen LogP contribution in [0.2, 0.25) is 0 Å². The van der Waals surface area contributed by atoms with Crippen molar-refractivity contribution in [3.8, 4) is 0 Å². The highest BCUT2D eigenvalue weighted by atomic mass is 16.3. The van der Waals surface area contributed by atoms with Gasteiger partial charge in [0.15, 0.2) is 0 Å². The zero-order valence-corrected chi connectivity index (χ0v) is 15.2. The molecule has 4 unspecified atom stereocenters. The Labute approximate surface area is 148 Å². The van der Waals surface area contributed by atoms with E-state index in [9.17, 15) is 15.0 Å². The van der Waals surface area contributed by atoms with Crippen LogP contribution in [0.3, 0.4) is 0 Å². The molecular weight excluding hydrogens is 322 g/mol. The molecule has 25 heavy (non-hydrogen) atoms. The molecule has 8 heteroatoms. The number of aromatic nitrogens is 3. The summed E-state index contributed by atoms with van der Waals surface area (Å²) in [6, 6.07) is -0.871. The minimum Gasteiger partial charge on any atom is -0.392 e. The van der Waals surface area contributed by atoms with Crippen LogP contribution in [0.25, 0.3) is 0 Å². The molecule has 3 N–H and O–H groups in total. The number of hydrogen-bond donors (Lipinski definition) is 3. The number of rotatable bonds is 6. The predicted molar refractivity (Wildman–Crippen MR) is 91.7 cm³/mol. The van der Waals surface area contributed by atoms with Gasteiger partial charge in [-0.2, -0.15) is 0 Å². The summed E-state index contributed by atoms with van der Waals surface area (Å²) in [6.45, 7) is 4.30. The van der Waals surface area contributed by atoms with Gasteiger partial charge in [-0.05, 0) is 25.2 Å². The smallest absolute Gasteiger partial charge is 0.237 e. The maximum absolute atomic E-state index is 12.1. The number of β-amino-alcohol motifs (C(OH)–C–C–N with tert-alkyl or cyclic N) is 1. The molecule has 1 amide bonds. The van der Waals surface area contributed by atoms with Gasteiger partial charge in [0.25, 0.3) is 0 Å². The summed E-state index contributed by atoms with van der Waals surface area (Å²) in [4.78, 5) is 13.8. The first-order valence-electron chi connectivity index (χ1n) is 9.17. The number of aliphatic hydroxyl groups is 2. The van der Waals surface area contributed by atoms with Crippen LogP contribution in [0.4, 0.5) is 0 Å². The maximum Gasteiger partial charge on any atom is 0.237 e. The van der Waals surface area contributed by atoms with Crippen LogP contribution in [0.15, 0.2) is 6.20 Å². The second-order valence-electron chi connectivity index (χ2n) is 7.62. The topological polar surface area (TPSA) is 104 Å². The standard InChI is InChI=1S/C17H29N5O3/c1-10(2)15(22-9-13(19-20-22)11-5-4-6-11)17(25)21-8-12(23)7-14(21)16(24)18-3/h9-12,14-15,17,23,25H,4-8H2,1-3H3,(H,18,24). The molecule has 1 aromatic rings. The van der Waals surface area contributed by atoms with Crippen LogP contribution in [0.5, 0.6) is 0 Å². The van der Waals surface area contributed by atoms with Gasteiger partial charge < -0.3 is 15.5 Å². The van der Waals surface area contributed by atoms with Gasteiger partial charge in [0.05, 0.1) is 23.9 Å². The van der Waals surface area contributed by atoms with E-state index < -0.39 is 18.4 Å². The Balaban J connectivity index is 1.81. The van der Waals surface area contributed by atoms with Gasteiger partial charge >= 0.3 is 0 Å². The molecule has 4 atom stereocenters. The number of nitrogens with zero attached hydrogens (tertiary/aromatic N) is 4. The fourth-order valence-electron chi connectivity index (χ4n) is 3.86. The molecule has 2 fully saturated rings. The lowest BCUT2D eigenvalue weighted by Gasteiger charge is -2.35. The fraction of sp³-hybridized carbons (Fsp3) is 0.824. The minimum absolute atomic E-state index is 0.0917. The summed E-state index contributed by atoms with van der Waals surface area (Å²) in [7, 11) is 1.57. The Hall–Kier alpha value is -1.51. The first-order valence-corrected chi connectivity index (χ1v) is 9.17. The highest BCUT2D eigenvalue weighted by Gasteiger charge is 2.43. The number of amides is 1. The Kier molecular flexibility index (Phi) is 5.41. The minimum atomic E-state index is -0.921. The van der Waals surface area contributed by atoms with E-state index in [1.807, 2.05) is 20.0 Å². The molecule has 1 saturated carbocycles. The van der Waals surface area contributed by atoms with E-state index in [-0.39, 0.29) is 24.4 Å². The van der Waals surface area contributed by atoms with E-state index >= 15 is 0 Å². The molecule has 1 aliphatic carbocycles. The zero-order valence-electron chi connectivity index (χ0n) is 15.2. The van der Waals surface area contributed by atoms with Crippen LogP contribution in [-0.2, 0) is 4.79 Å². The molecule has 140 valence electrons. The van der Waals surface area contributed by atoms with Crippen LogP contribution < -0.4 is 5.32 Å². The molecule has 0 bridgehead atoms. The molecule has 2 heterocycles. The number of carbonyl (C=O) groups excluding carboxylic acids is 1. The van der Waals surface area contributed by atoms with Crippen molar-refractivity contribution < 1.29 is 15.0 Å². The van der Waals surface area contributed by atoms with Crippen molar-refractivity contribution in [3.63, 3.8) is 0 Å². The summed E-state index contributed by atoms with van der Waals surface area (Å²) in [5.74, 6) is 0.381. The van der Waals surface area contributed by atoms with Crippen molar-refractivity contribution in [2.24, 2.45) is 5.92 Å². The zero-order chi connectivity index (χ0) is 18.1. The van der Waals surface area contributed by atoms with Gasteiger partial charge in [0, 0.05) is 25.7 Å². The Morgan fingerprint density at radius 3 is 2.68 bits per heavy atom. The fourth-order valence-corrected chi connectivity index (χ4v) is 3.86. The molecule has 1 aromatic heterocycles. The van der Waals surface area contributed by atoms with Gasteiger partial charge in [0.2, 0.25) is 5.91 Å². The van der Waals surface area contributed by atoms with E-state index in [4.69, 9.17) is 0 Å². The summed E-state index contributed by atoms with van der Waals surface area (Å²) < 4.78 is 1.73. The van der Waals surface area contributed by atoms with Crippen LogP contribution >= 0.6 is 0 Å². The number of likely N-dealkylation sites (N-methyl/N-ethyl adjacent to an activating group) is 1. The molecule has 3 rings (SSSR count). The lowest BCUT2D eigenvalue weighted by molar-refractivity contribution is -0.131. The van der Waals surface area contributed by atoms with Crippen molar-refractivity contribution >= 4 is 5.91 Å². The average Bonchev–Trinajstić information content (AvgIpc) is 3.11. The third kappa shape index (κ3) is 3.56. The van der Waals surface area contributed by atoms with Gasteiger partial charge in [-0.1, -0.05) is 25.5 Å². The van der Waals surface area contributed by atoms with Crippen LogP contribution in [0.1, 0.15) is 57.2 Å². The van der Waals surface area contributed by atoms with Crippen molar-refractivity contribution in [2.45, 2.75) is 69.9 Å². The molecular formula is C17H29N5O3. The van der Waals surface area contributed by atoms with E-state index in [0.717, 1.165) is 18.5 Å². The largest absolute Gasteiger partial charge is 0.392 e. The van der Waals surface area contributed by atoms with Crippen molar-refractivity contribution in [2.75, 3.05) is 13.6 Å². The first-order chi connectivity index (χ1) is 11.9. The Morgan fingerprint density at radius 2 is 2.12 bits per heavy atom. The van der Waals surface area contributed by atoms with Crippen molar-refractivity contribution in [1.29, 1.82) is 0 Å². The second kappa shape index (κ2) is 7.39. The number of likely N-dealkylation sites (tertiary alicyclic amines) is 1. The Morgan fingerprint density at radius 1 is 1.40 bits per heavy atom. The molecule has 0 radical (unpaired) electrons. The highest BCUT2D eigenvalue weighted by molar-refractivity contribution is 5.81. The highest BCUT2D eigenvalue weighted by Crippen LogP contribution is 2.36. The molecule has 8 nitrogen and oxygen atoms in total. The normalized spacial score (nSPS) is 27.3. The van der Waals surface area contributed by atoms with E-state index in [1.54, 1.807) is 16.6 Å². The lowest BCUT2D eigenvalue weighted by Crippen LogP contribution is -2.51. The third-order valence-electron chi connectivity index (χ3n) is 5.55. The average molecular weight is 351 g/mol. The van der Waals surface area contributed by atoms with Crippen molar-refractivity contribution in [3.05, 3.63) is 11.9 Å². The SMILES string of the molecule is CNC(=O)C1CC(O)CN1C(O)C(C(C)C)n1cc(C2CCC2)nn1. The van der Waals surface area contributed by atoms with Crippen LogP contribution in [-0.4, -0.2) is 68.0 Å². The summed E-state index contributed by atoms with van der Waals surface area (Å²) in [6.07, 6.45) is 4.23. The monoisotopic (exact) mass is 351 g/mol. The third-order valence-corrected chi connectivity index (χ3v) is 5.55. The summed E-state index contributed by atoms with van der Waals surface area (Å²) in [5.41, 5.74) is 0.980. The summed E-state index contributed by atoms with van der Waals surface area (Å²) >= 11 is 0. The quantitative estimate of drug-likeness (QED) is 0.678. The molecule has 0 spiro atoms. The van der Waals surface area contributed by atoms with E-state index in [1.165, 1.54) is 6.42 Å². The van der Waals surface area contributed by atoms with Gasteiger partial charge in [-0.3, -0.25) is 9.69 Å². The van der Waals surface area contributed by atoms with Crippen molar-refractivity contribution in [1.82, 2.24) is 25.2 Å². The predicted octanol–water partition coefficient (Wildman–Crippen LogP) is 0.242. The van der Waals surface area contributed by atoms with Crippen LogP contribution in [0, 0.1) is 5.92 Å². The molecule has 0 aromatic carbocycles. The number of carbonyl (C=O) groups is 1. The maximum atomic E-state index is 12.1.